The molecule has 0 unspecified atom stereocenters. The molecule has 1 aliphatic heterocycles. The van der Waals surface area contributed by atoms with Crippen molar-refractivity contribution >= 4 is 33.5 Å². The first-order valence-electron chi connectivity index (χ1n) is 10.5. The van der Waals surface area contributed by atoms with Crippen LogP contribution in [-0.2, 0) is 20.6 Å². The van der Waals surface area contributed by atoms with Gasteiger partial charge in [-0.25, -0.2) is 12.8 Å². The monoisotopic (exact) mass is 478 g/mol. The zero-order chi connectivity index (χ0) is 23.1. The lowest BCUT2D eigenvalue weighted by atomic mass is 9.97. The summed E-state index contributed by atoms with van der Waals surface area (Å²) >= 11 is 1.55. The summed E-state index contributed by atoms with van der Waals surface area (Å²) in [5.41, 5.74) is 1.11. The van der Waals surface area contributed by atoms with Gasteiger partial charge < -0.3 is 5.32 Å². The largest absolute Gasteiger partial charge is 0.355 e. The number of halogens is 1. The van der Waals surface area contributed by atoms with Crippen LogP contribution in [0.4, 0.5) is 4.39 Å². The highest BCUT2D eigenvalue weighted by Gasteiger charge is 2.32. The maximum atomic E-state index is 13.6. The lowest BCUT2D eigenvalue weighted by molar-refractivity contribution is -0.125. The van der Waals surface area contributed by atoms with E-state index in [1.54, 1.807) is 30.0 Å². The van der Waals surface area contributed by atoms with Crippen LogP contribution >= 0.6 is 11.8 Å². The summed E-state index contributed by atoms with van der Waals surface area (Å²) in [6, 6.07) is 12.6. The Kier molecular flexibility index (Phi) is 8.44. The number of carbonyl (C=O) groups excluding carboxylic acids is 2. The molecule has 1 N–H and O–H groups in total. The molecule has 0 aromatic heterocycles. The van der Waals surface area contributed by atoms with Crippen LogP contribution in [0, 0.1) is 11.7 Å². The molecule has 2 aromatic carbocycles. The van der Waals surface area contributed by atoms with Crippen LogP contribution in [0.5, 0.6) is 0 Å². The Bertz CT molecular complexity index is 1050. The molecule has 6 nitrogen and oxygen atoms in total. The van der Waals surface area contributed by atoms with Gasteiger partial charge in [-0.2, -0.15) is 16.1 Å². The summed E-state index contributed by atoms with van der Waals surface area (Å²) in [5.74, 6) is 0.583. The third kappa shape index (κ3) is 6.17. The van der Waals surface area contributed by atoms with E-state index in [4.69, 9.17) is 0 Å². The van der Waals surface area contributed by atoms with Gasteiger partial charge in [0.25, 0.3) is 0 Å². The molecule has 0 bridgehead atoms. The van der Waals surface area contributed by atoms with E-state index >= 15 is 0 Å². The first-order valence-corrected chi connectivity index (χ1v) is 13.1. The van der Waals surface area contributed by atoms with Crippen LogP contribution in [0.2, 0.25) is 0 Å². The summed E-state index contributed by atoms with van der Waals surface area (Å²) in [6.07, 6.45) is 0.915. The number of nitrogens with one attached hydrogen (secondary N) is 1. The zero-order valence-corrected chi connectivity index (χ0v) is 19.6. The summed E-state index contributed by atoms with van der Waals surface area (Å²) in [6.45, 7) is 2.47. The van der Waals surface area contributed by atoms with Gasteiger partial charge in [-0.05, 0) is 43.5 Å². The molecule has 1 fully saturated rings. The lowest BCUT2D eigenvalue weighted by Gasteiger charge is -2.30. The molecule has 9 heteroatoms. The third-order valence-corrected chi connectivity index (χ3v) is 8.41. The highest BCUT2D eigenvalue weighted by Crippen LogP contribution is 2.24. The number of amides is 1. The van der Waals surface area contributed by atoms with E-state index in [-0.39, 0.29) is 41.4 Å². The van der Waals surface area contributed by atoms with Crippen LogP contribution in [0.3, 0.4) is 0 Å². The topological polar surface area (TPSA) is 83.6 Å². The third-order valence-electron chi connectivity index (χ3n) is 5.48. The van der Waals surface area contributed by atoms with Crippen molar-refractivity contribution in [3.05, 3.63) is 65.5 Å². The number of ketones is 1. The Morgan fingerprint density at radius 2 is 1.75 bits per heavy atom. The second kappa shape index (κ2) is 11.1. The lowest BCUT2D eigenvalue weighted by Crippen LogP contribution is -2.43. The molecule has 0 aliphatic carbocycles. The summed E-state index contributed by atoms with van der Waals surface area (Å²) in [4.78, 5) is 24.0. The van der Waals surface area contributed by atoms with Crippen molar-refractivity contribution in [1.82, 2.24) is 9.62 Å². The molecule has 1 saturated heterocycles. The molecule has 1 amide bonds. The van der Waals surface area contributed by atoms with Gasteiger partial charge >= 0.3 is 0 Å². The normalized spacial score (nSPS) is 15.4. The van der Waals surface area contributed by atoms with Gasteiger partial charge in [-0.15, -0.1) is 0 Å². The SMILES string of the molecule is CC(=O)c1ccc(S(=O)(=O)N2CCC(C(=O)NCCSCc3ccccc3F)CC2)cc1. The average Bonchev–Trinajstić information content (AvgIpc) is 2.80. The van der Waals surface area contributed by atoms with Gasteiger partial charge in [-0.1, -0.05) is 30.3 Å². The number of hydrogen-bond donors (Lipinski definition) is 1. The average molecular weight is 479 g/mol. The fourth-order valence-electron chi connectivity index (χ4n) is 3.56. The van der Waals surface area contributed by atoms with Gasteiger partial charge in [0, 0.05) is 42.6 Å². The summed E-state index contributed by atoms with van der Waals surface area (Å²) in [5, 5.41) is 2.90. The molecule has 2 aromatic rings. The second-order valence-electron chi connectivity index (χ2n) is 7.69. The number of carbonyl (C=O) groups is 2. The van der Waals surface area contributed by atoms with Crippen LogP contribution in [0.1, 0.15) is 35.7 Å². The Morgan fingerprint density at radius 3 is 2.38 bits per heavy atom. The van der Waals surface area contributed by atoms with Gasteiger partial charge in [0.15, 0.2) is 5.78 Å². The molecule has 1 aliphatic rings. The number of hydrogen-bond acceptors (Lipinski definition) is 5. The van der Waals surface area contributed by atoms with E-state index in [9.17, 15) is 22.4 Å². The van der Waals surface area contributed by atoms with Crippen LogP contribution in [0.25, 0.3) is 0 Å². The van der Waals surface area contributed by atoms with Crippen molar-refractivity contribution in [3.8, 4) is 0 Å². The van der Waals surface area contributed by atoms with Gasteiger partial charge in [0.2, 0.25) is 15.9 Å². The molecule has 1 heterocycles. The van der Waals surface area contributed by atoms with Crippen LogP contribution < -0.4 is 5.32 Å². The summed E-state index contributed by atoms with van der Waals surface area (Å²) in [7, 11) is -3.65. The van der Waals surface area contributed by atoms with E-state index in [1.165, 1.54) is 41.6 Å². The first kappa shape index (κ1) is 24.4. The zero-order valence-electron chi connectivity index (χ0n) is 17.9. The Hall–Kier alpha value is -2.23. The van der Waals surface area contributed by atoms with Crippen molar-refractivity contribution in [3.63, 3.8) is 0 Å². The molecule has 32 heavy (non-hydrogen) atoms. The number of rotatable bonds is 9. The molecule has 0 saturated carbocycles. The van der Waals surface area contributed by atoms with Gasteiger partial charge in [0.1, 0.15) is 5.82 Å². The standard InChI is InChI=1S/C23H27FN2O4S2/c1-17(27)18-6-8-21(9-7-18)32(29,30)26-13-10-19(11-14-26)23(28)25-12-15-31-16-20-4-2-3-5-22(20)24/h2-9,19H,10-16H2,1H3,(H,25,28). The predicted molar refractivity (Wildman–Crippen MR) is 124 cm³/mol. The number of thioether (sulfide) groups is 1. The number of benzene rings is 2. The Balaban J connectivity index is 1.42. The highest BCUT2D eigenvalue weighted by atomic mass is 32.2. The highest BCUT2D eigenvalue weighted by molar-refractivity contribution is 7.98. The molecule has 0 spiro atoms. The van der Waals surface area contributed by atoms with E-state index in [0.29, 0.717) is 42.0 Å². The molecule has 0 radical (unpaired) electrons. The quantitative estimate of drug-likeness (QED) is 0.441. The van der Waals surface area contributed by atoms with E-state index < -0.39 is 10.0 Å². The number of nitrogens with zero attached hydrogens (tertiary/aromatic N) is 1. The maximum absolute atomic E-state index is 13.6. The minimum absolute atomic E-state index is 0.0700. The molecule has 3 rings (SSSR count). The second-order valence-corrected chi connectivity index (χ2v) is 10.7. The molecule has 0 atom stereocenters. The fourth-order valence-corrected chi connectivity index (χ4v) is 5.87. The molecule has 172 valence electrons. The van der Waals surface area contributed by atoms with Crippen molar-refractivity contribution in [2.75, 3.05) is 25.4 Å². The Morgan fingerprint density at radius 1 is 1.09 bits per heavy atom. The fraction of sp³-hybridized carbons (Fsp3) is 0.391. The smallest absolute Gasteiger partial charge is 0.243 e. The van der Waals surface area contributed by atoms with Crippen molar-refractivity contribution in [2.24, 2.45) is 5.92 Å². The first-order chi connectivity index (χ1) is 15.3. The number of Topliss-reactive ketones (excluding diaryl/α,β-unsaturated/α-hetero) is 1. The van der Waals surface area contributed by atoms with Gasteiger partial charge in [0.05, 0.1) is 4.90 Å². The van der Waals surface area contributed by atoms with E-state index in [1.807, 2.05) is 0 Å². The van der Waals surface area contributed by atoms with Crippen molar-refractivity contribution in [1.29, 1.82) is 0 Å². The van der Waals surface area contributed by atoms with Crippen LogP contribution in [0.15, 0.2) is 53.4 Å². The van der Waals surface area contributed by atoms with E-state index in [0.717, 1.165) is 0 Å². The Labute approximate surface area is 192 Å². The summed E-state index contributed by atoms with van der Waals surface area (Å²) < 4.78 is 40.7. The molecular formula is C23H27FN2O4S2. The van der Waals surface area contributed by atoms with Crippen molar-refractivity contribution in [2.45, 2.75) is 30.4 Å². The van der Waals surface area contributed by atoms with Crippen LogP contribution in [-0.4, -0.2) is 49.8 Å². The van der Waals surface area contributed by atoms with Gasteiger partial charge in [-0.3, -0.25) is 9.59 Å². The van der Waals surface area contributed by atoms with E-state index in [2.05, 4.69) is 5.32 Å². The minimum atomic E-state index is -3.65. The molecular weight excluding hydrogens is 451 g/mol. The minimum Gasteiger partial charge on any atom is -0.355 e. The number of piperidine rings is 1. The number of sulfonamides is 1. The maximum Gasteiger partial charge on any atom is 0.243 e. The predicted octanol–water partition coefficient (Wildman–Crippen LogP) is 3.48. The van der Waals surface area contributed by atoms with Crippen molar-refractivity contribution < 1.29 is 22.4 Å².